The minimum Gasteiger partial charge on any atom is -0.497 e. The Morgan fingerprint density at radius 3 is 2.27 bits per heavy atom. The van der Waals surface area contributed by atoms with Gasteiger partial charge in [0.05, 0.1) is 32.2 Å². The van der Waals surface area contributed by atoms with Gasteiger partial charge in [-0.3, -0.25) is 19.5 Å². The summed E-state index contributed by atoms with van der Waals surface area (Å²) in [5.41, 5.74) is 3.43. The number of aromatic nitrogens is 2. The van der Waals surface area contributed by atoms with E-state index in [9.17, 15) is 9.59 Å². The van der Waals surface area contributed by atoms with E-state index in [1.807, 2.05) is 31.2 Å². The number of amides is 2. The molecule has 0 radical (unpaired) electrons. The molecule has 9 nitrogen and oxygen atoms in total. The second-order valence-corrected chi connectivity index (χ2v) is 9.42. The number of ether oxygens (including phenoxy) is 3. The van der Waals surface area contributed by atoms with Crippen LogP contribution < -0.4 is 14.8 Å². The number of hydrogen-bond acceptors (Lipinski definition) is 6. The monoisotopic (exact) mass is 562 g/mol. The molecule has 0 saturated carbocycles. The Balaban J connectivity index is 1.67. The predicted molar refractivity (Wildman–Crippen MR) is 155 cm³/mol. The smallest absolute Gasteiger partial charge is 0.254 e. The van der Waals surface area contributed by atoms with Crippen molar-refractivity contribution in [3.05, 3.63) is 89.1 Å². The fraction of sp³-hybridized carbons (Fsp3) is 0.233. The predicted octanol–water partition coefficient (Wildman–Crippen LogP) is 5.25. The molecule has 0 atom stereocenters. The second-order valence-electron chi connectivity index (χ2n) is 8.98. The SMILES string of the molecule is COCCN(CC(=O)Nc1nc(-c2ccc(Cl)cc2)cn1-c1cc(OC)cc(OC)c1)C(=O)c1ccccc1C. The van der Waals surface area contributed by atoms with E-state index in [0.717, 1.165) is 11.1 Å². The lowest BCUT2D eigenvalue weighted by atomic mass is 10.1. The second kappa shape index (κ2) is 13.1. The molecule has 0 spiro atoms. The Hall–Kier alpha value is -4.34. The van der Waals surface area contributed by atoms with Gasteiger partial charge in [0, 0.05) is 54.2 Å². The molecule has 4 rings (SSSR count). The highest BCUT2D eigenvalue weighted by atomic mass is 35.5. The lowest BCUT2D eigenvalue weighted by Gasteiger charge is -2.23. The molecule has 0 aliphatic rings. The quantitative estimate of drug-likeness (QED) is 0.268. The zero-order chi connectivity index (χ0) is 28.6. The van der Waals surface area contributed by atoms with Crippen molar-refractivity contribution in [2.45, 2.75) is 6.92 Å². The van der Waals surface area contributed by atoms with E-state index in [0.29, 0.717) is 33.5 Å². The van der Waals surface area contributed by atoms with Crippen molar-refractivity contribution in [2.24, 2.45) is 0 Å². The van der Waals surface area contributed by atoms with Crippen LogP contribution in [0.1, 0.15) is 15.9 Å². The van der Waals surface area contributed by atoms with Crippen LogP contribution in [-0.2, 0) is 9.53 Å². The fourth-order valence-corrected chi connectivity index (χ4v) is 4.26. The molecule has 0 unspecified atom stereocenters. The van der Waals surface area contributed by atoms with Gasteiger partial charge < -0.3 is 19.1 Å². The number of imidazole rings is 1. The highest BCUT2D eigenvalue weighted by Crippen LogP contribution is 2.30. The van der Waals surface area contributed by atoms with Gasteiger partial charge in [0.1, 0.15) is 18.0 Å². The summed E-state index contributed by atoms with van der Waals surface area (Å²) in [6, 6.07) is 19.9. The highest BCUT2D eigenvalue weighted by Gasteiger charge is 2.22. The number of rotatable bonds is 11. The van der Waals surface area contributed by atoms with Gasteiger partial charge in [-0.1, -0.05) is 41.9 Å². The van der Waals surface area contributed by atoms with E-state index < -0.39 is 5.91 Å². The average Bonchev–Trinajstić information content (AvgIpc) is 3.38. The summed E-state index contributed by atoms with van der Waals surface area (Å²) in [6.45, 7) is 2.19. The van der Waals surface area contributed by atoms with Crippen molar-refractivity contribution in [3.8, 4) is 28.4 Å². The molecular formula is C30H31ClN4O5. The van der Waals surface area contributed by atoms with Crippen LogP contribution in [0.25, 0.3) is 16.9 Å². The van der Waals surface area contributed by atoms with Crippen molar-refractivity contribution in [1.82, 2.24) is 14.5 Å². The number of methoxy groups -OCH3 is 3. The van der Waals surface area contributed by atoms with Crippen LogP contribution in [0.3, 0.4) is 0 Å². The third-order valence-electron chi connectivity index (χ3n) is 6.27. The first-order chi connectivity index (χ1) is 19.3. The minimum atomic E-state index is -0.414. The van der Waals surface area contributed by atoms with Crippen LogP contribution >= 0.6 is 11.6 Å². The fourth-order valence-electron chi connectivity index (χ4n) is 4.13. The molecule has 3 aromatic carbocycles. The van der Waals surface area contributed by atoms with Crippen molar-refractivity contribution < 1.29 is 23.8 Å². The Morgan fingerprint density at radius 2 is 1.65 bits per heavy atom. The summed E-state index contributed by atoms with van der Waals surface area (Å²) >= 11 is 6.08. The number of halogens is 1. The number of carbonyl (C=O) groups excluding carboxylic acids is 2. The summed E-state index contributed by atoms with van der Waals surface area (Å²) in [6.07, 6.45) is 1.80. The van der Waals surface area contributed by atoms with Gasteiger partial charge in [0.15, 0.2) is 0 Å². The summed E-state index contributed by atoms with van der Waals surface area (Å²) in [4.78, 5) is 32.9. The first-order valence-electron chi connectivity index (χ1n) is 12.6. The van der Waals surface area contributed by atoms with Gasteiger partial charge in [0.25, 0.3) is 5.91 Å². The van der Waals surface area contributed by atoms with Crippen LogP contribution in [0.4, 0.5) is 5.95 Å². The van der Waals surface area contributed by atoms with Gasteiger partial charge in [0.2, 0.25) is 11.9 Å². The third kappa shape index (κ3) is 6.80. The Bertz CT molecular complexity index is 1460. The molecule has 1 aromatic heterocycles. The first kappa shape index (κ1) is 28.7. The number of anilines is 1. The first-order valence-corrected chi connectivity index (χ1v) is 12.9. The normalized spacial score (nSPS) is 10.7. The maximum atomic E-state index is 13.4. The van der Waals surface area contributed by atoms with Crippen molar-refractivity contribution in [3.63, 3.8) is 0 Å². The largest absolute Gasteiger partial charge is 0.497 e. The number of carbonyl (C=O) groups is 2. The molecule has 1 heterocycles. The lowest BCUT2D eigenvalue weighted by molar-refractivity contribution is -0.117. The maximum Gasteiger partial charge on any atom is 0.254 e. The molecule has 0 fully saturated rings. The molecule has 208 valence electrons. The van der Waals surface area contributed by atoms with E-state index in [1.165, 1.54) is 4.90 Å². The molecule has 40 heavy (non-hydrogen) atoms. The van der Waals surface area contributed by atoms with Crippen LogP contribution in [0, 0.1) is 6.92 Å². The Labute approximate surface area is 238 Å². The lowest BCUT2D eigenvalue weighted by Crippen LogP contribution is -2.40. The van der Waals surface area contributed by atoms with Gasteiger partial charge in [-0.15, -0.1) is 0 Å². The zero-order valence-electron chi connectivity index (χ0n) is 22.8. The number of hydrogen-bond donors (Lipinski definition) is 1. The van der Waals surface area contributed by atoms with Crippen LogP contribution in [0.15, 0.2) is 72.9 Å². The van der Waals surface area contributed by atoms with Crippen LogP contribution in [0.5, 0.6) is 11.5 Å². The Morgan fingerprint density at radius 1 is 0.975 bits per heavy atom. The average molecular weight is 563 g/mol. The zero-order valence-corrected chi connectivity index (χ0v) is 23.6. The van der Waals surface area contributed by atoms with E-state index in [4.69, 9.17) is 30.8 Å². The van der Waals surface area contributed by atoms with E-state index >= 15 is 0 Å². The topological polar surface area (TPSA) is 94.9 Å². The summed E-state index contributed by atoms with van der Waals surface area (Å²) in [5.74, 6) is 0.738. The number of nitrogens with one attached hydrogen (secondary N) is 1. The molecule has 0 aliphatic heterocycles. The molecule has 1 N–H and O–H groups in total. The number of nitrogens with zero attached hydrogens (tertiary/aromatic N) is 3. The van der Waals surface area contributed by atoms with E-state index in [2.05, 4.69) is 5.32 Å². The third-order valence-corrected chi connectivity index (χ3v) is 6.53. The molecule has 2 amide bonds. The van der Waals surface area contributed by atoms with Gasteiger partial charge in [-0.2, -0.15) is 0 Å². The van der Waals surface area contributed by atoms with E-state index in [-0.39, 0.29) is 31.6 Å². The van der Waals surface area contributed by atoms with Crippen molar-refractivity contribution >= 4 is 29.4 Å². The number of benzene rings is 3. The molecular weight excluding hydrogens is 532 g/mol. The van der Waals surface area contributed by atoms with E-state index in [1.54, 1.807) is 74.6 Å². The number of aryl methyl sites for hydroxylation is 1. The van der Waals surface area contributed by atoms with Gasteiger partial charge in [-0.05, 0) is 30.7 Å². The highest BCUT2D eigenvalue weighted by molar-refractivity contribution is 6.30. The van der Waals surface area contributed by atoms with Crippen LogP contribution in [0.2, 0.25) is 5.02 Å². The molecule has 0 saturated heterocycles. The van der Waals surface area contributed by atoms with Crippen molar-refractivity contribution in [2.75, 3.05) is 46.3 Å². The van der Waals surface area contributed by atoms with Crippen molar-refractivity contribution in [1.29, 1.82) is 0 Å². The standard InChI is InChI=1S/C30H31ClN4O5/c1-20-7-5-6-8-26(20)29(37)34(13-14-38-2)19-28(36)33-30-32-27(21-9-11-22(31)12-10-21)18-35(30)23-15-24(39-3)17-25(16-23)40-4/h5-12,15-18H,13-14,19H2,1-4H3,(H,32,33,36). The molecule has 4 aromatic rings. The molecule has 0 bridgehead atoms. The minimum absolute atomic E-state index is 0.193. The Kier molecular flexibility index (Phi) is 9.42. The van der Waals surface area contributed by atoms with Crippen LogP contribution in [-0.4, -0.2) is 67.3 Å². The summed E-state index contributed by atoms with van der Waals surface area (Å²) in [7, 11) is 4.68. The van der Waals surface area contributed by atoms with Gasteiger partial charge in [-0.25, -0.2) is 4.98 Å². The summed E-state index contributed by atoms with van der Waals surface area (Å²) < 4.78 is 17.8. The summed E-state index contributed by atoms with van der Waals surface area (Å²) in [5, 5.41) is 3.48. The molecule has 0 aliphatic carbocycles. The molecule has 10 heteroatoms. The maximum absolute atomic E-state index is 13.4. The van der Waals surface area contributed by atoms with Gasteiger partial charge >= 0.3 is 0 Å².